The van der Waals surface area contributed by atoms with E-state index in [4.69, 9.17) is 0 Å². The van der Waals surface area contributed by atoms with Crippen LogP contribution in [0.3, 0.4) is 0 Å². The molecule has 0 aliphatic carbocycles. The van der Waals surface area contributed by atoms with Crippen LogP contribution in [0.15, 0.2) is 36.7 Å². The number of likely N-dealkylation sites (tertiary alicyclic amines) is 1. The first-order valence-corrected chi connectivity index (χ1v) is 9.50. The first-order valence-electron chi connectivity index (χ1n) is 9.50. The van der Waals surface area contributed by atoms with Crippen LogP contribution in [0.4, 0.5) is 0 Å². The smallest absolute Gasteiger partial charge is 0.223 e. The number of amides is 1. The van der Waals surface area contributed by atoms with Crippen LogP contribution in [0, 0.1) is 0 Å². The third-order valence-corrected chi connectivity index (χ3v) is 4.93. The van der Waals surface area contributed by atoms with Crippen LogP contribution < -0.4 is 0 Å². The molecule has 134 valence electrons. The van der Waals surface area contributed by atoms with Crippen molar-refractivity contribution in [1.82, 2.24) is 19.7 Å². The van der Waals surface area contributed by atoms with Crippen molar-refractivity contribution in [3.8, 4) is 0 Å². The number of hydrogen-bond acceptors (Lipinski definition) is 3. The van der Waals surface area contributed by atoms with Gasteiger partial charge in [0, 0.05) is 19.5 Å². The van der Waals surface area contributed by atoms with Crippen molar-refractivity contribution in [3.63, 3.8) is 0 Å². The summed E-state index contributed by atoms with van der Waals surface area (Å²) in [6.07, 6.45) is 8.53. The van der Waals surface area contributed by atoms with Gasteiger partial charge in [-0.3, -0.25) is 4.79 Å². The van der Waals surface area contributed by atoms with Gasteiger partial charge in [0.15, 0.2) is 5.82 Å². The van der Waals surface area contributed by atoms with Crippen molar-refractivity contribution < 1.29 is 4.79 Å². The molecule has 3 rings (SSSR count). The maximum absolute atomic E-state index is 12.8. The second kappa shape index (κ2) is 8.79. The molecule has 1 amide bonds. The predicted octanol–water partition coefficient (Wildman–Crippen LogP) is 3.76. The minimum atomic E-state index is 0.0898. The summed E-state index contributed by atoms with van der Waals surface area (Å²) in [6, 6.07) is 10.5. The summed E-state index contributed by atoms with van der Waals surface area (Å²) in [5.41, 5.74) is 1.30. The van der Waals surface area contributed by atoms with Gasteiger partial charge in [-0.2, -0.15) is 0 Å². The summed E-state index contributed by atoms with van der Waals surface area (Å²) in [5.74, 6) is 1.21. The quantitative estimate of drug-likeness (QED) is 0.771. The first kappa shape index (κ1) is 17.6. The normalized spacial score (nSPS) is 17.6. The second-order valence-corrected chi connectivity index (χ2v) is 6.82. The third-order valence-electron chi connectivity index (χ3n) is 4.93. The van der Waals surface area contributed by atoms with E-state index in [-0.39, 0.29) is 11.9 Å². The maximum atomic E-state index is 12.8. The highest BCUT2D eigenvalue weighted by Gasteiger charge is 2.30. The summed E-state index contributed by atoms with van der Waals surface area (Å²) in [6.45, 7) is 3.90. The summed E-state index contributed by atoms with van der Waals surface area (Å²) in [4.78, 5) is 14.9. The SMILES string of the molecule is CCCn1cnnc1[C@H]1CCCCN1C(=O)CCCc1ccccc1. The molecule has 25 heavy (non-hydrogen) atoms. The van der Waals surface area contributed by atoms with Crippen molar-refractivity contribution in [3.05, 3.63) is 48.0 Å². The molecule has 0 radical (unpaired) electrons. The third kappa shape index (κ3) is 4.47. The molecule has 1 aromatic heterocycles. The van der Waals surface area contributed by atoms with Gasteiger partial charge in [0.2, 0.25) is 5.91 Å². The Bertz CT molecular complexity index is 667. The minimum absolute atomic E-state index is 0.0898. The van der Waals surface area contributed by atoms with Crippen LogP contribution in [0.1, 0.15) is 62.9 Å². The molecular formula is C20H28N4O. The van der Waals surface area contributed by atoms with Gasteiger partial charge in [0.1, 0.15) is 6.33 Å². The van der Waals surface area contributed by atoms with Gasteiger partial charge in [-0.1, -0.05) is 37.3 Å². The number of carbonyl (C=O) groups is 1. The van der Waals surface area contributed by atoms with Crippen LogP contribution >= 0.6 is 0 Å². The standard InChI is InChI=1S/C20H28N4O/c1-2-14-23-16-21-22-20(23)18-12-6-7-15-24(18)19(25)13-8-11-17-9-4-3-5-10-17/h3-5,9-10,16,18H,2,6-8,11-15H2,1H3/t18-/m1/s1. The Morgan fingerprint density at radius 2 is 2.08 bits per heavy atom. The van der Waals surface area contributed by atoms with Crippen molar-refractivity contribution in [2.45, 2.75) is 64.5 Å². The summed E-state index contributed by atoms with van der Waals surface area (Å²) < 4.78 is 2.11. The van der Waals surface area contributed by atoms with Crippen LogP contribution in [-0.4, -0.2) is 32.1 Å². The van der Waals surface area contributed by atoms with E-state index < -0.39 is 0 Å². The molecule has 0 unspecified atom stereocenters. The van der Waals surface area contributed by atoms with Crippen molar-refractivity contribution >= 4 is 5.91 Å². The molecule has 5 nitrogen and oxygen atoms in total. The fourth-order valence-electron chi connectivity index (χ4n) is 3.67. The van der Waals surface area contributed by atoms with Gasteiger partial charge >= 0.3 is 0 Å². The Balaban J connectivity index is 1.62. The molecule has 1 aromatic carbocycles. The Kier molecular flexibility index (Phi) is 6.20. The lowest BCUT2D eigenvalue weighted by atomic mass is 10.00. The number of piperidine rings is 1. The van der Waals surface area contributed by atoms with E-state index in [0.29, 0.717) is 6.42 Å². The molecule has 5 heteroatoms. The van der Waals surface area contributed by atoms with Crippen LogP contribution in [0.2, 0.25) is 0 Å². The molecule has 1 atom stereocenters. The van der Waals surface area contributed by atoms with E-state index >= 15 is 0 Å². The van der Waals surface area contributed by atoms with Crippen molar-refractivity contribution in [1.29, 1.82) is 0 Å². The first-order chi connectivity index (χ1) is 12.3. The van der Waals surface area contributed by atoms with Crippen LogP contribution in [0.5, 0.6) is 0 Å². The number of benzene rings is 1. The van der Waals surface area contributed by atoms with E-state index in [1.807, 2.05) is 11.0 Å². The fraction of sp³-hybridized carbons (Fsp3) is 0.550. The number of carbonyl (C=O) groups excluding carboxylic acids is 1. The van der Waals surface area contributed by atoms with E-state index in [0.717, 1.165) is 57.4 Å². The van der Waals surface area contributed by atoms with Crippen molar-refractivity contribution in [2.24, 2.45) is 0 Å². The molecule has 2 aromatic rings. The van der Waals surface area contributed by atoms with E-state index in [2.05, 4.69) is 46.0 Å². The zero-order valence-electron chi connectivity index (χ0n) is 15.1. The molecule has 1 saturated heterocycles. The largest absolute Gasteiger partial charge is 0.332 e. The fourth-order valence-corrected chi connectivity index (χ4v) is 3.67. The molecule has 1 fully saturated rings. The molecule has 0 bridgehead atoms. The van der Waals surface area contributed by atoms with Gasteiger partial charge in [-0.05, 0) is 44.1 Å². The number of hydrogen-bond donors (Lipinski definition) is 0. The van der Waals surface area contributed by atoms with Gasteiger partial charge in [-0.15, -0.1) is 10.2 Å². The summed E-state index contributed by atoms with van der Waals surface area (Å²) in [5, 5.41) is 8.42. The molecule has 2 heterocycles. The Labute approximate surface area is 150 Å². The highest BCUT2D eigenvalue weighted by molar-refractivity contribution is 5.76. The van der Waals surface area contributed by atoms with Crippen LogP contribution in [0.25, 0.3) is 0 Å². The lowest BCUT2D eigenvalue weighted by Crippen LogP contribution is -2.39. The topological polar surface area (TPSA) is 51.0 Å². The molecule has 0 saturated carbocycles. The summed E-state index contributed by atoms with van der Waals surface area (Å²) in [7, 11) is 0. The summed E-state index contributed by atoms with van der Waals surface area (Å²) >= 11 is 0. The van der Waals surface area contributed by atoms with E-state index in [9.17, 15) is 4.79 Å². The number of aromatic nitrogens is 3. The zero-order valence-corrected chi connectivity index (χ0v) is 15.1. The highest BCUT2D eigenvalue weighted by atomic mass is 16.2. The minimum Gasteiger partial charge on any atom is -0.332 e. The monoisotopic (exact) mass is 340 g/mol. The molecule has 0 spiro atoms. The highest BCUT2D eigenvalue weighted by Crippen LogP contribution is 2.30. The number of nitrogens with zero attached hydrogens (tertiary/aromatic N) is 4. The molecule has 0 N–H and O–H groups in total. The molecular weight excluding hydrogens is 312 g/mol. The zero-order chi connectivity index (χ0) is 17.5. The Morgan fingerprint density at radius 3 is 2.88 bits per heavy atom. The Morgan fingerprint density at radius 1 is 1.24 bits per heavy atom. The average Bonchev–Trinajstić information content (AvgIpc) is 3.11. The van der Waals surface area contributed by atoms with Gasteiger partial charge < -0.3 is 9.47 Å². The van der Waals surface area contributed by atoms with Crippen LogP contribution in [-0.2, 0) is 17.8 Å². The van der Waals surface area contributed by atoms with Crippen molar-refractivity contribution in [2.75, 3.05) is 6.54 Å². The van der Waals surface area contributed by atoms with E-state index in [1.165, 1.54) is 5.56 Å². The molecule has 1 aliphatic heterocycles. The molecule has 1 aliphatic rings. The Hall–Kier alpha value is -2.17. The lowest BCUT2D eigenvalue weighted by Gasteiger charge is -2.35. The lowest BCUT2D eigenvalue weighted by molar-refractivity contribution is -0.135. The van der Waals surface area contributed by atoms with Gasteiger partial charge in [0.05, 0.1) is 6.04 Å². The maximum Gasteiger partial charge on any atom is 0.223 e. The predicted molar refractivity (Wildman–Crippen MR) is 98.0 cm³/mol. The second-order valence-electron chi connectivity index (χ2n) is 6.82. The van der Waals surface area contributed by atoms with Gasteiger partial charge in [0.25, 0.3) is 0 Å². The number of aryl methyl sites for hydroxylation is 2. The average molecular weight is 340 g/mol. The van der Waals surface area contributed by atoms with E-state index in [1.54, 1.807) is 6.33 Å². The number of rotatable bonds is 7. The van der Waals surface area contributed by atoms with Gasteiger partial charge in [-0.25, -0.2) is 0 Å².